The van der Waals surface area contributed by atoms with Gasteiger partial charge in [-0.2, -0.15) is 5.10 Å². The van der Waals surface area contributed by atoms with E-state index < -0.39 is 0 Å². The number of nitrogens with one attached hydrogen (secondary N) is 2. The van der Waals surface area contributed by atoms with Gasteiger partial charge in [0.1, 0.15) is 0 Å². The van der Waals surface area contributed by atoms with Gasteiger partial charge in [-0.25, -0.2) is 0 Å². The minimum Gasteiger partial charge on any atom is -0.315 e. The zero-order valence-corrected chi connectivity index (χ0v) is 12.4. The molecule has 1 fully saturated rings. The molecule has 0 aromatic carbocycles. The summed E-state index contributed by atoms with van der Waals surface area (Å²) in [6.45, 7) is 7.42. The van der Waals surface area contributed by atoms with Crippen LogP contribution in [0.1, 0.15) is 31.7 Å². The van der Waals surface area contributed by atoms with Gasteiger partial charge in [0, 0.05) is 25.7 Å². The summed E-state index contributed by atoms with van der Waals surface area (Å²) < 4.78 is 3.13. The van der Waals surface area contributed by atoms with Crippen molar-refractivity contribution >= 4 is 15.9 Å². The van der Waals surface area contributed by atoms with E-state index in [-0.39, 0.29) is 5.54 Å². The van der Waals surface area contributed by atoms with Crippen LogP contribution in [-0.2, 0) is 20.0 Å². The van der Waals surface area contributed by atoms with Crippen LogP contribution >= 0.6 is 15.9 Å². The number of hydrogen-bond acceptors (Lipinski definition) is 3. The predicted molar refractivity (Wildman–Crippen MR) is 73.0 cm³/mol. The standard InChI is InChI=1S/C12H21BrN4/c1-4-9-11(13)10(17(3)16-9)7-15-12(2)5-6-14-8-12/h14-15H,4-8H2,1-3H3. The molecule has 0 aliphatic carbocycles. The van der Waals surface area contributed by atoms with Gasteiger partial charge in [-0.3, -0.25) is 4.68 Å². The first kappa shape index (κ1) is 13.1. The quantitative estimate of drug-likeness (QED) is 0.887. The SMILES string of the molecule is CCc1nn(C)c(CNC2(C)CCNC2)c1Br. The molecule has 4 nitrogen and oxygen atoms in total. The molecule has 2 heterocycles. The lowest BCUT2D eigenvalue weighted by Crippen LogP contribution is -2.43. The molecule has 0 amide bonds. The summed E-state index contributed by atoms with van der Waals surface area (Å²) in [5.74, 6) is 0. The highest BCUT2D eigenvalue weighted by Crippen LogP contribution is 2.22. The first-order valence-corrected chi connectivity index (χ1v) is 7.01. The Labute approximate surface area is 111 Å². The van der Waals surface area contributed by atoms with Crippen LogP contribution in [0.3, 0.4) is 0 Å². The largest absolute Gasteiger partial charge is 0.315 e. The number of nitrogens with zero attached hydrogens (tertiary/aromatic N) is 2. The third-order valence-electron chi connectivity index (χ3n) is 3.55. The van der Waals surface area contributed by atoms with Crippen molar-refractivity contribution in [3.8, 4) is 0 Å². The first-order valence-electron chi connectivity index (χ1n) is 6.22. The molecule has 1 unspecified atom stereocenters. The lowest BCUT2D eigenvalue weighted by Gasteiger charge is -2.24. The molecule has 17 heavy (non-hydrogen) atoms. The normalized spacial score (nSPS) is 24.5. The molecule has 0 spiro atoms. The van der Waals surface area contributed by atoms with Gasteiger partial charge in [-0.05, 0) is 42.2 Å². The van der Waals surface area contributed by atoms with Gasteiger partial charge < -0.3 is 10.6 Å². The Hall–Kier alpha value is -0.390. The maximum atomic E-state index is 4.51. The van der Waals surface area contributed by atoms with E-state index in [0.29, 0.717) is 0 Å². The van der Waals surface area contributed by atoms with E-state index in [4.69, 9.17) is 0 Å². The fraction of sp³-hybridized carbons (Fsp3) is 0.750. The maximum Gasteiger partial charge on any atom is 0.0767 e. The van der Waals surface area contributed by atoms with Gasteiger partial charge in [-0.1, -0.05) is 6.92 Å². The van der Waals surface area contributed by atoms with Gasteiger partial charge in [0.15, 0.2) is 0 Å². The van der Waals surface area contributed by atoms with Crippen LogP contribution in [0.4, 0.5) is 0 Å². The van der Waals surface area contributed by atoms with Crippen LogP contribution < -0.4 is 10.6 Å². The number of hydrogen-bond donors (Lipinski definition) is 2. The van der Waals surface area contributed by atoms with E-state index in [2.05, 4.69) is 45.5 Å². The summed E-state index contributed by atoms with van der Waals surface area (Å²) in [6, 6.07) is 0. The molecular weight excluding hydrogens is 280 g/mol. The number of rotatable bonds is 4. The van der Waals surface area contributed by atoms with Crippen molar-refractivity contribution < 1.29 is 0 Å². The van der Waals surface area contributed by atoms with Crippen molar-refractivity contribution in [2.24, 2.45) is 7.05 Å². The predicted octanol–water partition coefficient (Wildman–Crippen LogP) is 1.59. The minimum absolute atomic E-state index is 0.218. The molecule has 1 atom stereocenters. The molecule has 2 rings (SSSR count). The molecule has 0 radical (unpaired) electrons. The molecule has 1 aliphatic rings. The summed E-state index contributed by atoms with van der Waals surface area (Å²) in [7, 11) is 2.01. The number of halogens is 1. The average Bonchev–Trinajstić information content (AvgIpc) is 2.83. The van der Waals surface area contributed by atoms with Crippen LogP contribution in [0, 0.1) is 0 Å². The summed E-state index contributed by atoms with van der Waals surface area (Å²) in [5, 5.41) is 11.5. The van der Waals surface area contributed by atoms with Gasteiger partial charge in [0.25, 0.3) is 0 Å². The molecule has 2 N–H and O–H groups in total. The minimum atomic E-state index is 0.218. The Morgan fingerprint density at radius 3 is 2.88 bits per heavy atom. The second-order valence-electron chi connectivity index (χ2n) is 5.03. The number of aryl methyl sites for hydroxylation is 2. The molecule has 0 saturated carbocycles. The zero-order chi connectivity index (χ0) is 12.5. The third-order valence-corrected chi connectivity index (χ3v) is 4.47. The van der Waals surface area contributed by atoms with Crippen molar-refractivity contribution in [1.29, 1.82) is 0 Å². The second kappa shape index (κ2) is 5.08. The summed E-state index contributed by atoms with van der Waals surface area (Å²) in [4.78, 5) is 0. The summed E-state index contributed by atoms with van der Waals surface area (Å²) in [5.41, 5.74) is 2.59. The Morgan fingerprint density at radius 2 is 2.35 bits per heavy atom. The van der Waals surface area contributed by atoms with Crippen molar-refractivity contribution in [3.63, 3.8) is 0 Å². The van der Waals surface area contributed by atoms with Gasteiger partial charge in [0.2, 0.25) is 0 Å². The van der Waals surface area contributed by atoms with E-state index in [1.54, 1.807) is 0 Å². The van der Waals surface area contributed by atoms with Gasteiger partial charge in [0.05, 0.1) is 15.9 Å². The summed E-state index contributed by atoms with van der Waals surface area (Å²) >= 11 is 3.65. The first-order chi connectivity index (χ1) is 8.06. The van der Waals surface area contributed by atoms with Crippen LogP contribution in [0.25, 0.3) is 0 Å². The second-order valence-corrected chi connectivity index (χ2v) is 5.82. The molecule has 96 valence electrons. The Balaban J connectivity index is 2.06. The van der Waals surface area contributed by atoms with E-state index in [0.717, 1.165) is 36.2 Å². The highest BCUT2D eigenvalue weighted by atomic mass is 79.9. The lowest BCUT2D eigenvalue weighted by molar-refractivity contribution is 0.379. The molecule has 1 saturated heterocycles. The lowest BCUT2D eigenvalue weighted by atomic mass is 10.0. The average molecular weight is 301 g/mol. The van der Waals surface area contributed by atoms with E-state index >= 15 is 0 Å². The van der Waals surface area contributed by atoms with E-state index in [1.807, 2.05) is 11.7 Å². The molecule has 1 aromatic rings. The number of aromatic nitrogens is 2. The molecule has 5 heteroatoms. The fourth-order valence-corrected chi connectivity index (χ4v) is 3.03. The fourth-order valence-electron chi connectivity index (χ4n) is 2.28. The van der Waals surface area contributed by atoms with Crippen LogP contribution in [0.15, 0.2) is 4.47 Å². The van der Waals surface area contributed by atoms with Crippen molar-refractivity contribution in [3.05, 3.63) is 15.9 Å². The maximum absolute atomic E-state index is 4.51. The van der Waals surface area contributed by atoms with Gasteiger partial charge in [-0.15, -0.1) is 0 Å². The summed E-state index contributed by atoms with van der Waals surface area (Å²) in [6.07, 6.45) is 2.15. The molecule has 1 aromatic heterocycles. The smallest absolute Gasteiger partial charge is 0.0767 e. The van der Waals surface area contributed by atoms with E-state index in [1.165, 1.54) is 12.1 Å². The van der Waals surface area contributed by atoms with Crippen molar-refractivity contribution in [2.75, 3.05) is 13.1 Å². The topological polar surface area (TPSA) is 41.9 Å². The Morgan fingerprint density at radius 1 is 1.59 bits per heavy atom. The van der Waals surface area contributed by atoms with Crippen molar-refractivity contribution in [2.45, 2.75) is 38.8 Å². The third kappa shape index (κ3) is 2.72. The van der Waals surface area contributed by atoms with Crippen LogP contribution in [-0.4, -0.2) is 28.4 Å². The molecular formula is C12H21BrN4. The van der Waals surface area contributed by atoms with Gasteiger partial charge >= 0.3 is 0 Å². The van der Waals surface area contributed by atoms with E-state index in [9.17, 15) is 0 Å². The highest BCUT2D eigenvalue weighted by Gasteiger charge is 2.28. The molecule has 1 aliphatic heterocycles. The van der Waals surface area contributed by atoms with Crippen LogP contribution in [0.5, 0.6) is 0 Å². The van der Waals surface area contributed by atoms with Crippen molar-refractivity contribution in [1.82, 2.24) is 20.4 Å². The Bertz CT molecular complexity index is 393. The molecule has 0 bridgehead atoms. The Kier molecular flexibility index (Phi) is 3.90. The zero-order valence-electron chi connectivity index (χ0n) is 10.8. The monoisotopic (exact) mass is 300 g/mol. The highest BCUT2D eigenvalue weighted by molar-refractivity contribution is 9.10. The van der Waals surface area contributed by atoms with Crippen LogP contribution in [0.2, 0.25) is 0 Å².